The Kier molecular flexibility index (Phi) is 12.8. The fourth-order valence-electron chi connectivity index (χ4n) is 3.30. The van der Waals surface area contributed by atoms with Gasteiger partial charge >= 0.3 is 0 Å². The minimum absolute atomic E-state index is 0. The second-order valence-electron chi connectivity index (χ2n) is 6.56. The van der Waals surface area contributed by atoms with E-state index in [0.717, 1.165) is 77.6 Å². The molecule has 6 nitrogen and oxygen atoms in total. The van der Waals surface area contributed by atoms with E-state index < -0.39 is 0 Å². The average molecular weight is 469 g/mol. The lowest BCUT2D eigenvalue weighted by atomic mass is 10.1. The van der Waals surface area contributed by atoms with Crippen LogP contribution in [0, 0.1) is 0 Å². The lowest BCUT2D eigenvalue weighted by Crippen LogP contribution is -2.47. The van der Waals surface area contributed by atoms with Crippen molar-refractivity contribution < 1.29 is 14.2 Å². The van der Waals surface area contributed by atoms with Crippen LogP contribution in [0.5, 0.6) is 0 Å². The molecule has 148 valence electrons. The van der Waals surface area contributed by atoms with Gasteiger partial charge in [-0.15, -0.1) is 24.0 Å². The van der Waals surface area contributed by atoms with E-state index in [4.69, 9.17) is 19.2 Å². The van der Waals surface area contributed by atoms with Crippen LogP contribution in [0.1, 0.15) is 45.4 Å². The van der Waals surface area contributed by atoms with Gasteiger partial charge in [0.1, 0.15) is 0 Å². The van der Waals surface area contributed by atoms with Crippen molar-refractivity contribution in [2.24, 2.45) is 4.99 Å². The van der Waals surface area contributed by atoms with Crippen molar-refractivity contribution in [3.63, 3.8) is 0 Å². The topological polar surface area (TPSA) is 55.3 Å². The van der Waals surface area contributed by atoms with Crippen molar-refractivity contribution in [1.82, 2.24) is 10.2 Å². The number of likely N-dealkylation sites (tertiary alicyclic amines) is 1. The van der Waals surface area contributed by atoms with Crippen molar-refractivity contribution in [2.45, 2.75) is 57.7 Å². The number of guanidine groups is 1. The van der Waals surface area contributed by atoms with Crippen LogP contribution in [0.4, 0.5) is 0 Å². The first-order valence-corrected chi connectivity index (χ1v) is 9.59. The first kappa shape index (κ1) is 22.9. The molecule has 0 bridgehead atoms. The lowest BCUT2D eigenvalue weighted by Gasteiger charge is -2.34. The van der Waals surface area contributed by atoms with Crippen molar-refractivity contribution in [3.05, 3.63) is 0 Å². The summed E-state index contributed by atoms with van der Waals surface area (Å²) < 4.78 is 16.7. The Morgan fingerprint density at radius 1 is 1.24 bits per heavy atom. The van der Waals surface area contributed by atoms with E-state index in [1.54, 1.807) is 7.11 Å². The molecule has 0 aliphatic carbocycles. The van der Waals surface area contributed by atoms with Crippen LogP contribution in [-0.4, -0.2) is 76.2 Å². The molecule has 2 rings (SSSR count). The molecule has 7 heteroatoms. The van der Waals surface area contributed by atoms with Crippen LogP contribution in [0.15, 0.2) is 4.99 Å². The summed E-state index contributed by atoms with van der Waals surface area (Å²) in [5, 5.41) is 3.43. The number of hydrogen-bond acceptors (Lipinski definition) is 4. The van der Waals surface area contributed by atoms with E-state index in [2.05, 4.69) is 17.1 Å². The number of hydrogen-bond donors (Lipinski definition) is 1. The monoisotopic (exact) mass is 469 g/mol. The largest absolute Gasteiger partial charge is 0.385 e. The van der Waals surface area contributed by atoms with Gasteiger partial charge in [0.05, 0.1) is 12.2 Å². The van der Waals surface area contributed by atoms with Crippen molar-refractivity contribution >= 4 is 29.9 Å². The predicted octanol–water partition coefficient (Wildman–Crippen LogP) is 2.66. The highest BCUT2D eigenvalue weighted by Gasteiger charge is 2.22. The van der Waals surface area contributed by atoms with Gasteiger partial charge in [-0.1, -0.05) is 0 Å². The Morgan fingerprint density at radius 2 is 2.04 bits per heavy atom. The summed E-state index contributed by atoms with van der Waals surface area (Å²) in [5.74, 6) is 1.05. The summed E-state index contributed by atoms with van der Waals surface area (Å²) in [7, 11) is 1.74. The van der Waals surface area contributed by atoms with Gasteiger partial charge in [0.25, 0.3) is 0 Å². The highest BCUT2D eigenvalue weighted by atomic mass is 127. The lowest BCUT2D eigenvalue weighted by molar-refractivity contribution is 0.00990. The van der Waals surface area contributed by atoms with Gasteiger partial charge in [0, 0.05) is 53.1 Å². The first-order valence-electron chi connectivity index (χ1n) is 9.59. The van der Waals surface area contributed by atoms with Gasteiger partial charge in [0.2, 0.25) is 0 Å². The zero-order valence-electron chi connectivity index (χ0n) is 15.9. The molecule has 0 saturated carbocycles. The number of aliphatic imine (C=N–C) groups is 1. The summed E-state index contributed by atoms with van der Waals surface area (Å²) in [6.45, 7) is 8.41. The molecule has 0 aromatic rings. The van der Waals surface area contributed by atoms with Gasteiger partial charge in [-0.05, 0) is 45.4 Å². The SMILES string of the molecule is CCNC(=NCCC1CCCO1)N1CCC(OCCCOC)CC1.I. The molecule has 2 aliphatic heterocycles. The minimum atomic E-state index is 0. The van der Waals surface area contributed by atoms with E-state index >= 15 is 0 Å². The molecule has 0 amide bonds. The summed E-state index contributed by atoms with van der Waals surface area (Å²) in [4.78, 5) is 7.18. The summed E-state index contributed by atoms with van der Waals surface area (Å²) in [5.41, 5.74) is 0. The van der Waals surface area contributed by atoms with Crippen LogP contribution in [0.3, 0.4) is 0 Å². The van der Waals surface area contributed by atoms with Crippen molar-refractivity contribution in [3.8, 4) is 0 Å². The molecular weight excluding hydrogens is 433 g/mol. The molecule has 0 aromatic heterocycles. The molecule has 25 heavy (non-hydrogen) atoms. The average Bonchev–Trinajstić information content (AvgIpc) is 3.12. The zero-order valence-corrected chi connectivity index (χ0v) is 18.2. The van der Waals surface area contributed by atoms with Crippen LogP contribution in [0.2, 0.25) is 0 Å². The second-order valence-corrected chi connectivity index (χ2v) is 6.56. The maximum absolute atomic E-state index is 5.94. The number of methoxy groups -OCH3 is 1. The summed E-state index contributed by atoms with van der Waals surface area (Å²) in [6.07, 6.45) is 7.35. The Labute approximate surface area is 170 Å². The molecule has 2 aliphatic rings. The number of rotatable bonds is 9. The molecule has 0 aromatic carbocycles. The third-order valence-electron chi connectivity index (χ3n) is 4.66. The molecule has 0 radical (unpaired) electrons. The number of ether oxygens (including phenoxy) is 3. The van der Waals surface area contributed by atoms with Gasteiger partial charge in [-0.25, -0.2) is 0 Å². The smallest absolute Gasteiger partial charge is 0.193 e. The number of nitrogens with zero attached hydrogens (tertiary/aromatic N) is 2. The molecule has 0 spiro atoms. The maximum atomic E-state index is 5.94. The second kappa shape index (κ2) is 14.0. The van der Waals surface area contributed by atoms with E-state index in [1.165, 1.54) is 12.8 Å². The Hall–Kier alpha value is -0.120. The highest BCUT2D eigenvalue weighted by Crippen LogP contribution is 2.16. The summed E-state index contributed by atoms with van der Waals surface area (Å²) in [6, 6.07) is 0. The fourth-order valence-corrected chi connectivity index (χ4v) is 3.30. The van der Waals surface area contributed by atoms with Gasteiger partial charge in [-0.2, -0.15) is 0 Å². The number of nitrogens with one attached hydrogen (secondary N) is 1. The van der Waals surface area contributed by atoms with Gasteiger partial charge in [-0.3, -0.25) is 4.99 Å². The molecule has 2 fully saturated rings. The van der Waals surface area contributed by atoms with Crippen LogP contribution in [0.25, 0.3) is 0 Å². The van der Waals surface area contributed by atoms with Crippen LogP contribution >= 0.6 is 24.0 Å². The van der Waals surface area contributed by atoms with E-state index in [9.17, 15) is 0 Å². The third kappa shape index (κ3) is 8.88. The van der Waals surface area contributed by atoms with E-state index in [0.29, 0.717) is 12.2 Å². The molecule has 1 unspecified atom stereocenters. The normalized spacial score (nSPS) is 22.1. The predicted molar refractivity (Wildman–Crippen MR) is 112 cm³/mol. The highest BCUT2D eigenvalue weighted by molar-refractivity contribution is 14.0. The number of halogens is 1. The van der Waals surface area contributed by atoms with Crippen molar-refractivity contribution in [2.75, 3.05) is 53.1 Å². The zero-order chi connectivity index (χ0) is 17.0. The van der Waals surface area contributed by atoms with E-state index in [1.807, 2.05) is 0 Å². The Bertz CT molecular complexity index is 357. The maximum Gasteiger partial charge on any atom is 0.193 e. The third-order valence-corrected chi connectivity index (χ3v) is 4.66. The standard InChI is InChI=1S/C18H35N3O3.HI/c1-3-19-18(20-10-7-16-6-4-14-23-16)21-11-8-17(9-12-21)24-15-5-13-22-2;/h16-17H,3-15H2,1-2H3,(H,19,20);1H. The quantitative estimate of drug-likeness (QED) is 0.244. The Balaban J connectivity index is 0.00000312. The fraction of sp³-hybridized carbons (Fsp3) is 0.944. The number of piperidine rings is 1. The van der Waals surface area contributed by atoms with Crippen LogP contribution < -0.4 is 5.32 Å². The summed E-state index contributed by atoms with van der Waals surface area (Å²) >= 11 is 0. The van der Waals surface area contributed by atoms with Crippen molar-refractivity contribution in [1.29, 1.82) is 0 Å². The van der Waals surface area contributed by atoms with Crippen LogP contribution in [-0.2, 0) is 14.2 Å². The molecular formula is C18H36IN3O3. The van der Waals surface area contributed by atoms with E-state index in [-0.39, 0.29) is 24.0 Å². The molecule has 2 heterocycles. The molecule has 1 atom stereocenters. The van der Waals surface area contributed by atoms with Gasteiger partial charge < -0.3 is 24.4 Å². The molecule has 1 N–H and O–H groups in total. The van der Waals surface area contributed by atoms with Gasteiger partial charge in [0.15, 0.2) is 5.96 Å². The molecule has 2 saturated heterocycles. The minimum Gasteiger partial charge on any atom is -0.385 e. The Morgan fingerprint density at radius 3 is 2.68 bits per heavy atom. The first-order chi connectivity index (χ1) is 11.8.